The van der Waals surface area contributed by atoms with Crippen molar-refractivity contribution in [3.05, 3.63) is 125 Å². The summed E-state index contributed by atoms with van der Waals surface area (Å²) in [6.07, 6.45) is 0. The maximum Gasteiger partial charge on any atom is 0.378 e. The minimum atomic E-state index is -0.781. The molecule has 6 nitrogen and oxygen atoms in total. The molecule has 0 spiro atoms. The van der Waals surface area contributed by atoms with Crippen LogP contribution in [0, 0.1) is 6.92 Å². The van der Waals surface area contributed by atoms with Crippen molar-refractivity contribution in [2.24, 2.45) is 0 Å². The minimum absolute atomic E-state index is 0.138. The normalized spacial score (nSPS) is 10.8. The molecule has 5 rings (SSSR count). The Morgan fingerprint density at radius 1 is 0.784 bits per heavy atom. The number of aromatic nitrogens is 3. The Morgan fingerprint density at radius 2 is 1.41 bits per heavy atom. The van der Waals surface area contributed by atoms with Crippen LogP contribution >= 0.6 is 11.6 Å². The van der Waals surface area contributed by atoms with Gasteiger partial charge in [0.25, 0.3) is 5.82 Å². The quantitative estimate of drug-likeness (QED) is 0.183. The van der Waals surface area contributed by atoms with Crippen LogP contribution in [0.25, 0.3) is 28.2 Å². The molecule has 0 unspecified atom stereocenters. The van der Waals surface area contributed by atoms with Crippen LogP contribution in [-0.2, 0) is 4.74 Å². The molecule has 7 heteroatoms. The van der Waals surface area contributed by atoms with Crippen LogP contribution in [0.4, 0.5) is 0 Å². The van der Waals surface area contributed by atoms with Gasteiger partial charge in [-0.3, -0.25) is 4.79 Å². The second-order valence-corrected chi connectivity index (χ2v) is 8.84. The monoisotopic (exact) mass is 507 g/mol. The molecule has 0 aliphatic carbocycles. The first-order valence-electron chi connectivity index (χ1n) is 11.6. The lowest BCUT2D eigenvalue weighted by Gasteiger charge is -2.08. The van der Waals surface area contributed by atoms with Crippen molar-refractivity contribution in [3.8, 4) is 28.2 Å². The average molecular weight is 508 g/mol. The second-order valence-electron chi connectivity index (χ2n) is 8.41. The predicted molar refractivity (Wildman–Crippen MR) is 143 cm³/mol. The number of para-hydroxylation sites is 1. The van der Waals surface area contributed by atoms with E-state index in [4.69, 9.17) is 16.3 Å². The maximum atomic E-state index is 12.9. The molecule has 1 aromatic heterocycles. The van der Waals surface area contributed by atoms with E-state index < -0.39 is 12.6 Å². The number of nitrogens with zero attached hydrogens (tertiary/aromatic N) is 3. The van der Waals surface area contributed by atoms with Crippen molar-refractivity contribution >= 4 is 23.4 Å². The first-order chi connectivity index (χ1) is 18.0. The molecule has 0 atom stereocenters. The van der Waals surface area contributed by atoms with Crippen molar-refractivity contribution in [1.82, 2.24) is 14.8 Å². The van der Waals surface area contributed by atoms with Crippen LogP contribution < -0.4 is 0 Å². The van der Waals surface area contributed by atoms with Crippen LogP contribution in [0.5, 0.6) is 0 Å². The number of carbonyl (C=O) groups is 2. The molecule has 0 bridgehead atoms. The number of carbonyl (C=O) groups excluding carboxylic acids is 2. The van der Waals surface area contributed by atoms with Crippen molar-refractivity contribution < 1.29 is 14.3 Å². The van der Waals surface area contributed by atoms with Crippen LogP contribution in [0.1, 0.15) is 26.5 Å². The Labute approximate surface area is 219 Å². The van der Waals surface area contributed by atoms with E-state index in [1.165, 1.54) is 0 Å². The van der Waals surface area contributed by atoms with Gasteiger partial charge in [0, 0.05) is 16.1 Å². The third-order valence-electron chi connectivity index (χ3n) is 5.88. The summed E-state index contributed by atoms with van der Waals surface area (Å²) >= 11 is 6.05. The van der Waals surface area contributed by atoms with E-state index >= 15 is 0 Å². The number of ether oxygens (including phenoxy) is 1. The van der Waals surface area contributed by atoms with Crippen LogP contribution in [0.3, 0.4) is 0 Å². The van der Waals surface area contributed by atoms with Gasteiger partial charge in [-0.1, -0.05) is 84.4 Å². The first-order valence-corrected chi connectivity index (χ1v) is 12.0. The van der Waals surface area contributed by atoms with E-state index in [1.807, 2.05) is 73.7 Å². The molecule has 0 N–H and O–H groups in total. The molecular weight excluding hydrogens is 486 g/mol. The molecule has 4 aromatic carbocycles. The molecule has 0 saturated carbocycles. The summed E-state index contributed by atoms with van der Waals surface area (Å²) in [5.41, 5.74) is 4.96. The molecule has 0 aliphatic rings. The number of rotatable bonds is 7. The molecule has 0 saturated heterocycles. The van der Waals surface area contributed by atoms with Crippen LogP contribution in [0.2, 0.25) is 5.02 Å². The smallest absolute Gasteiger partial charge is 0.378 e. The van der Waals surface area contributed by atoms with Crippen molar-refractivity contribution in [2.45, 2.75) is 6.92 Å². The summed E-state index contributed by atoms with van der Waals surface area (Å²) in [5.74, 6) is -0.776. The Bertz CT molecular complexity index is 1560. The number of hydrogen-bond acceptors (Lipinski definition) is 5. The highest BCUT2D eigenvalue weighted by atomic mass is 35.5. The van der Waals surface area contributed by atoms with E-state index in [0.29, 0.717) is 16.4 Å². The van der Waals surface area contributed by atoms with Gasteiger partial charge in [0.2, 0.25) is 0 Å². The first kappa shape index (κ1) is 24.2. The molecular formula is C30H22ClN3O3. The minimum Gasteiger partial charge on any atom is -0.451 e. The van der Waals surface area contributed by atoms with Gasteiger partial charge in [0.15, 0.2) is 18.2 Å². The highest BCUT2D eigenvalue weighted by molar-refractivity contribution is 6.30. The molecule has 37 heavy (non-hydrogen) atoms. The van der Waals surface area contributed by atoms with Gasteiger partial charge in [-0.2, -0.15) is 0 Å². The zero-order valence-corrected chi connectivity index (χ0v) is 20.7. The zero-order chi connectivity index (χ0) is 25.8. The summed E-state index contributed by atoms with van der Waals surface area (Å²) < 4.78 is 6.90. The summed E-state index contributed by atoms with van der Waals surface area (Å²) in [5, 5.41) is 5.01. The molecule has 0 fully saturated rings. The topological polar surface area (TPSA) is 74.1 Å². The highest BCUT2D eigenvalue weighted by Gasteiger charge is 2.22. The molecule has 1 heterocycles. The Morgan fingerprint density at radius 3 is 2.11 bits per heavy atom. The number of Topliss-reactive ketones (excluding diaryl/α,β-unsaturated/α-hetero) is 1. The number of benzene rings is 4. The van der Waals surface area contributed by atoms with E-state index in [0.717, 1.165) is 27.9 Å². The number of ketones is 1. The Balaban J connectivity index is 1.35. The Kier molecular flexibility index (Phi) is 6.92. The molecule has 182 valence electrons. The lowest BCUT2D eigenvalue weighted by Crippen LogP contribution is -2.15. The van der Waals surface area contributed by atoms with Crippen molar-refractivity contribution in [2.75, 3.05) is 6.61 Å². The van der Waals surface area contributed by atoms with Crippen molar-refractivity contribution in [3.63, 3.8) is 0 Å². The van der Waals surface area contributed by atoms with E-state index in [-0.39, 0.29) is 11.6 Å². The lowest BCUT2D eigenvalue weighted by molar-refractivity contribution is 0.0462. The number of esters is 1. The van der Waals surface area contributed by atoms with Gasteiger partial charge < -0.3 is 4.74 Å². The van der Waals surface area contributed by atoms with Gasteiger partial charge in [-0.15, -0.1) is 5.10 Å². The van der Waals surface area contributed by atoms with E-state index in [1.54, 1.807) is 41.1 Å². The third-order valence-corrected chi connectivity index (χ3v) is 6.14. The summed E-state index contributed by atoms with van der Waals surface area (Å²) in [7, 11) is 0. The predicted octanol–water partition coefficient (Wildman–Crippen LogP) is 6.60. The summed E-state index contributed by atoms with van der Waals surface area (Å²) in [4.78, 5) is 30.0. The molecule has 0 amide bonds. The second kappa shape index (κ2) is 10.6. The number of hydrogen-bond donors (Lipinski definition) is 0. The SMILES string of the molecule is Cc1ccccc1-n1nc(C(=O)OCC(=O)c2ccc(-c3ccccc3)cc2)nc1-c1ccc(Cl)cc1. The fourth-order valence-electron chi connectivity index (χ4n) is 3.91. The van der Waals surface area contributed by atoms with Gasteiger partial charge >= 0.3 is 5.97 Å². The standard InChI is InChI=1S/C30H22ClN3O3/c1-20-7-5-6-10-26(20)34-29(24-15-17-25(31)18-16-24)32-28(33-34)30(36)37-19-27(35)23-13-11-22(12-14-23)21-8-3-2-4-9-21/h2-18H,19H2,1H3. The van der Waals surface area contributed by atoms with E-state index in [9.17, 15) is 9.59 Å². The molecule has 5 aromatic rings. The van der Waals surface area contributed by atoms with Gasteiger partial charge in [0.1, 0.15) is 0 Å². The number of halogens is 1. The highest BCUT2D eigenvalue weighted by Crippen LogP contribution is 2.25. The molecule has 0 radical (unpaired) electrons. The average Bonchev–Trinajstić information content (AvgIpc) is 3.38. The van der Waals surface area contributed by atoms with Gasteiger partial charge in [-0.25, -0.2) is 14.5 Å². The fraction of sp³-hybridized carbons (Fsp3) is 0.0667. The van der Waals surface area contributed by atoms with Crippen LogP contribution in [0.15, 0.2) is 103 Å². The van der Waals surface area contributed by atoms with Crippen LogP contribution in [-0.4, -0.2) is 33.1 Å². The van der Waals surface area contributed by atoms with E-state index in [2.05, 4.69) is 10.1 Å². The Hall–Kier alpha value is -4.55. The van der Waals surface area contributed by atoms with Gasteiger partial charge in [-0.05, 0) is 53.9 Å². The zero-order valence-electron chi connectivity index (χ0n) is 20.0. The van der Waals surface area contributed by atoms with Gasteiger partial charge in [0.05, 0.1) is 5.69 Å². The molecule has 0 aliphatic heterocycles. The fourth-order valence-corrected chi connectivity index (χ4v) is 4.04. The number of aryl methyl sites for hydroxylation is 1. The third kappa shape index (κ3) is 5.34. The van der Waals surface area contributed by atoms with Crippen molar-refractivity contribution in [1.29, 1.82) is 0 Å². The summed E-state index contributed by atoms with van der Waals surface area (Å²) in [6.45, 7) is 1.53. The lowest BCUT2D eigenvalue weighted by atomic mass is 10.0. The largest absolute Gasteiger partial charge is 0.451 e. The maximum absolute atomic E-state index is 12.9. The summed E-state index contributed by atoms with van der Waals surface area (Å²) in [6, 6.07) is 31.8.